The summed E-state index contributed by atoms with van der Waals surface area (Å²) < 4.78 is 38.3. The molecule has 0 aliphatic rings. The fourth-order valence-corrected chi connectivity index (χ4v) is 1.20. The molecule has 0 spiro atoms. The molecule has 0 radical (unpaired) electrons. The molecule has 0 saturated heterocycles. The summed E-state index contributed by atoms with van der Waals surface area (Å²) in [5.41, 5.74) is 0.529. The molecule has 7 heteroatoms. The van der Waals surface area contributed by atoms with Crippen LogP contribution >= 0.6 is 0 Å². The third-order valence-electron chi connectivity index (χ3n) is 1.93. The normalized spacial score (nSPS) is 12.0. The minimum Gasteiger partial charge on any atom is -0.348 e. The number of aromatic amines is 1. The SMILES string of the molecule is Cn1cccc1-c1n[nH]c(C(F)(F)F)n1. The van der Waals surface area contributed by atoms with Gasteiger partial charge in [0.15, 0.2) is 5.82 Å². The average molecular weight is 216 g/mol. The number of aromatic nitrogens is 4. The first-order valence-corrected chi connectivity index (χ1v) is 4.10. The Labute approximate surface area is 82.8 Å². The Hall–Kier alpha value is -1.79. The van der Waals surface area contributed by atoms with Crippen molar-refractivity contribution in [1.82, 2.24) is 19.7 Å². The maximum absolute atomic E-state index is 12.2. The Bertz CT molecular complexity index is 468. The van der Waals surface area contributed by atoms with Gasteiger partial charge in [-0.3, -0.25) is 5.10 Å². The molecule has 2 aromatic rings. The zero-order valence-corrected chi connectivity index (χ0v) is 7.71. The summed E-state index contributed by atoms with van der Waals surface area (Å²) in [6.45, 7) is 0. The van der Waals surface area contributed by atoms with Gasteiger partial charge < -0.3 is 4.57 Å². The number of rotatable bonds is 1. The quantitative estimate of drug-likeness (QED) is 0.790. The lowest BCUT2D eigenvalue weighted by atomic mass is 10.4. The molecule has 0 aromatic carbocycles. The largest absolute Gasteiger partial charge is 0.451 e. The second kappa shape index (κ2) is 3.11. The van der Waals surface area contributed by atoms with Gasteiger partial charge in [0.2, 0.25) is 5.82 Å². The number of halogens is 3. The molecule has 0 fully saturated rings. The summed E-state index contributed by atoms with van der Waals surface area (Å²) >= 11 is 0. The van der Waals surface area contributed by atoms with Gasteiger partial charge in [-0.15, -0.1) is 0 Å². The number of H-pyrrole nitrogens is 1. The Kier molecular flexibility index (Phi) is 2.02. The van der Waals surface area contributed by atoms with Crippen LogP contribution in [0.15, 0.2) is 18.3 Å². The van der Waals surface area contributed by atoms with E-state index in [4.69, 9.17) is 0 Å². The van der Waals surface area contributed by atoms with Crippen molar-refractivity contribution in [3.8, 4) is 11.5 Å². The van der Waals surface area contributed by atoms with Crippen molar-refractivity contribution in [2.24, 2.45) is 7.05 Å². The molecule has 0 atom stereocenters. The maximum Gasteiger partial charge on any atom is 0.451 e. The maximum atomic E-state index is 12.2. The molecule has 0 aliphatic heterocycles. The fourth-order valence-electron chi connectivity index (χ4n) is 1.20. The smallest absolute Gasteiger partial charge is 0.348 e. The molecule has 2 aromatic heterocycles. The molecule has 1 N–H and O–H groups in total. The highest BCUT2D eigenvalue weighted by atomic mass is 19.4. The van der Waals surface area contributed by atoms with Gasteiger partial charge in [0.25, 0.3) is 0 Å². The van der Waals surface area contributed by atoms with E-state index in [1.54, 1.807) is 29.9 Å². The van der Waals surface area contributed by atoms with E-state index in [1.165, 1.54) is 0 Å². The second-order valence-corrected chi connectivity index (χ2v) is 3.01. The minimum atomic E-state index is -4.49. The van der Waals surface area contributed by atoms with Crippen molar-refractivity contribution >= 4 is 0 Å². The van der Waals surface area contributed by atoms with Crippen LogP contribution in [0.25, 0.3) is 11.5 Å². The van der Waals surface area contributed by atoms with E-state index >= 15 is 0 Å². The number of hydrogen-bond donors (Lipinski definition) is 1. The van der Waals surface area contributed by atoms with Gasteiger partial charge in [-0.05, 0) is 12.1 Å². The summed E-state index contributed by atoms with van der Waals surface area (Å²) in [4.78, 5) is 3.37. The van der Waals surface area contributed by atoms with Crippen molar-refractivity contribution in [2.75, 3.05) is 0 Å². The van der Waals surface area contributed by atoms with E-state index in [0.29, 0.717) is 5.69 Å². The Morgan fingerprint density at radius 3 is 2.60 bits per heavy atom. The first-order valence-electron chi connectivity index (χ1n) is 4.10. The Balaban J connectivity index is 2.41. The molecule has 80 valence electrons. The lowest BCUT2D eigenvalue weighted by molar-refractivity contribution is -0.144. The van der Waals surface area contributed by atoms with Gasteiger partial charge in [-0.2, -0.15) is 18.3 Å². The molecule has 4 nitrogen and oxygen atoms in total. The molecule has 2 heterocycles. The summed E-state index contributed by atoms with van der Waals surface area (Å²) in [7, 11) is 1.71. The number of alkyl halides is 3. The lowest BCUT2D eigenvalue weighted by Gasteiger charge is -1.99. The summed E-state index contributed by atoms with van der Waals surface area (Å²) in [6.07, 6.45) is -2.78. The van der Waals surface area contributed by atoms with Gasteiger partial charge in [-0.25, -0.2) is 4.98 Å². The first-order chi connectivity index (χ1) is 6.98. The zero-order chi connectivity index (χ0) is 11.1. The van der Waals surface area contributed by atoms with Crippen molar-refractivity contribution in [1.29, 1.82) is 0 Å². The standard InChI is InChI=1S/C8H7F3N4/c1-15-4-2-3-5(15)6-12-7(14-13-6)8(9,10)11/h2-4H,1H3,(H,12,13,14). The van der Waals surface area contributed by atoms with Crippen LogP contribution in [-0.2, 0) is 13.2 Å². The number of nitrogens with one attached hydrogen (secondary N) is 1. The fraction of sp³-hybridized carbons (Fsp3) is 0.250. The lowest BCUT2D eigenvalue weighted by Crippen LogP contribution is -2.07. The van der Waals surface area contributed by atoms with E-state index in [2.05, 4.69) is 10.1 Å². The van der Waals surface area contributed by atoms with Crippen molar-refractivity contribution in [3.63, 3.8) is 0 Å². The molecular formula is C8H7F3N4. The molecule has 0 saturated carbocycles. The van der Waals surface area contributed by atoms with E-state index in [1.807, 2.05) is 5.10 Å². The van der Waals surface area contributed by atoms with E-state index in [9.17, 15) is 13.2 Å². The Morgan fingerprint density at radius 2 is 2.13 bits per heavy atom. The first kappa shape index (κ1) is 9.75. The number of hydrogen-bond acceptors (Lipinski definition) is 2. The third-order valence-corrected chi connectivity index (χ3v) is 1.93. The van der Waals surface area contributed by atoms with Crippen LogP contribution in [-0.4, -0.2) is 19.7 Å². The molecule has 0 bridgehead atoms. The van der Waals surface area contributed by atoms with Gasteiger partial charge in [0.05, 0.1) is 5.69 Å². The van der Waals surface area contributed by atoms with Crippen LogP contribution in [0.1, 0.15) is 5.82 Å². The Morgan fingerprint density at radius 1 is 1.40 bits per heavy atom. The second-order valence-electron chi connectivity index (χ2n) is 3.01. The summed E-state index contributed by atoms with van der Waals surface area (Å²) in [6, 6.07) is 3.35. The van der Waals surface area contributed by atoms with Gasteiger partial charge in [-0.1, -0.05) is 0 Å². The van der Waals surface area contributed by atoms with Crippen molar-refractivity contribution in [2.45, 2.75) is 6.18 Å². The highest BCUT2D eigenvalue weighted by Gasteiger charge is 2.35. The van der Waals surface area contributed by atoms with E-state index in [0.717, 1.165) is 0 Å². The molecular weight excluding hydrogens is 209 g/mol. The third kappa shape index (κ3) is 1.72. The zero-order valence-electron chi connectivity index (χ0n) is 7.71. The van der Waals surface area contributed by atoms with Crippen molar-refractivity contribution < 1.29 is 13.2 Å². The van der Waals surface area contributed by atoms with Crippen molar-refractivity contribution in [3.05, 3.63) is 24.2 Å². The van der Waals surface area contributed by atoms with Crippen LogP contribution in [0.5, 0.6) is 0 Å². The molecule has 15 heavy (non-hydrogen) atoms. The summed E-state index contributed by atoms with van der Waals surface area (Å²) in [5, 5.41) is 5.37. The topological polar surface area (TPSA) is 46.5 Å². The van der Waals surface area contributed by atoms with Gasteiger partial charge >= 0.3 is 6.18 Å². The monoisotopic (exact) mass is 216 g/mol. The predicted molar refractivity (Wildman–Crippen MR) is 45.8 cm³/mol. The van der Waals surface area contributed by atoms with Crippen LogP contribution in [0.3, 0.4) is 0 Å². The molecule has 0 unspecified atom stereocenters. The van der Waals surface area contributed by atoms with Crippen LogP contribution in [0.4, 0.5) is 13.2 Å². The highest BCUT2D eigenvalue weighted by Crippen LogP contribution is 2.27. The average Bonchev–Trinajstić information content (AvgIpc) is 2.69. The molecule has 0 aliphatic carbocycles. The van der Waals surface area contributed by atoms with E-state index in [-0.39, 0.29) is 5.82 Å². The van der Waals surface area contributed by atoms with Crippen LogP contribution < -0.4 is 0 Å². The van der Waals surface area contributed by atoms with Gasteiger partial charge in [0.1, 0.15) is 0 Å². The number of nitrogens with zero attached hydrogens (tertiary/aromatic N) is 3. The highest BCUT2D eigenvalue weighted by molar-refractivity contribution is 5.49. The van der Waals surface area contributed by atoms with Crippen LogP contribution in [0, 0.1) is 0 Å². The number of aryl methyl sites for hydroxylation is 1. The minimum absolute atomic E-state index is 0.0369. The van der Waals surface area contributed by atoms with E-state index < -0.39 is 12.0 Å². The van der Waals surface area contributed by atoms with Gasteiger partial charge in [0, 0.05) is 13.2 Å². The van der Waals surface area contributed by atoms with Crippen LogP contribution in [0.2, 0.25) is 0 Å². The molecule has 0 amide bonds. The predicted octanol–water partition coefficient (Wildman–Crippen LogP) is 1.83. The summed E-state index contributed by atoms with van der Waals surface area (Å²) in [5.74, 6) is -1.05. The molecule has 2 rings (SSSR count).